The topological polar surface area (TPSA) is 66.5 Å². The summed E-state index contributed by atoms with van der Waals surface area (Å²) in [5.41, 5.74) is -0.503. The Balaban J connectivity index is 4.34. The van der Waals surface area contributed by atoms with E-state index in [1.807, 2.05) is 20.8 Å². The summed E-state index contributed by atoms with van der Waals surface area (Å²) in [4.78, 5) is 11.5. The van der Waals surface area contributed by atoms with E-state index in [4.69, 9.17) is 0 Å². The second-order valence-electron chi connectivity index (χ2n) is 5.46. The van der Waals surface area contributed by atoms with Crippen molar-refractivity contribution in [2.24, 2.45) is 0 Å². The molecule has 0 radical (unpaired) electrons. The maximum atomic E-state index is 11.6. The summed E-state index contributed by atoms with van der Waals surface area (Å²) in [7, 11) is -3.29. The second-order valence-corrected chi connectivity index (χ2v) is 7.37. The molecule has 0 aromatic heterocycles. The minimum atomic E-state index is -3.29. The van der Waals surface area contributed by atoms with Gasteiger partial charge in [0, 0.05) is 25.0 Å². The molecule has 6 heteroatoms. The molecule has 0 aromatic carbocycles. The van der Waals surface area contributed by atoms with Crippen LogP contribution in [-0.4, -0.2) is 43.5 Å². The summed E-state index contributed by atoms with van der Waals surface area (Å²) >= 11 is 0. The summed E-state index contributed by atoms with van der Waals surface area (Å²) in [6.07, 6.45) is 3.35. The van der Waals surface area contributed by atoms with Gasteiger partial charge in [-0.3, -0.25) is 4.79 Å². The highest BCUT2D eigenvalue weighted by Crippen LogP contribution is 2.17. The Morgan fingerprint density at radius 3 is 2.22 bits per heavy atom. The number of sulfonamides is 1. The number of unbranched alkanes of at least 4 members (excludes halogenated alkanes) is 1. The minimum Gasteiger partial charge on any atom is -0.356 e. The molecule has 0 aliphatic carbocycles. The van der Waals surface area contributed by atoms with E-state index < -0.39 is 15.6 Å². The van der Waals surface area contributed by atoms with E-state index in [0.29, 0.717) is 6.54 Å². The fourth-order valence-corrected chi connectivity index (χ4v) is 3.11. The summed E-state index contributed by atoms with van der Waals surface area (Å²) in [5.74, 6) is -0.0960. The number of carbonyl (C=O) groups is 1. The van der Waals surface area contributed by atoms with Crippen LogP contribution in [0.15, 0.2) is 0 Å². The van der Waals surface area contributed by atoms with E-state index in [-0.39, 0.29) is 18.9 Å². The van der Waals surface area contributed by atoms with Crippen molar-refractivity contribution in [3.63, 3.8) is 0 Å². The molecule has 0 unspecified atom stereocenters. The highest BCUT2D eigenvalue weighted by atomic mass is 32.2. The van der Waals surface area contributed by atoms with Crippen molar-refractivity contribution in [1.29, 1.82) is 0 Å². The minimum absolute atomic E-state index is 0.0960. The molecule has 0 saturated heterocycles. The molecule has 0 rings (SSSR count). The lowest BCUT2D eigenvalue weighted by molar-refractivity contribution is -0.121. The van der Waals surface area contributed by atoms with Crippen molar-refractivity contribution in [3.05, 3.63) is 0 Å². The second kappa shape index (κ2) is 7.09. The van der Waals surface area contributed by atoms with Crippen molar-refractivity contribution < 1.29 is 13.2 Å². The summed E-state index contributed by atoms with van der Waals surface area (Å²) in [5, 5.41) is 2.78. The third kappa shape index (κ3) is 6.96. The van der Waals surface area contributed by atoms with E-state index in [1.54, 1.807) is 0 Å². The van der Waals surface area contributed by atoms with Crippen molar-refractivity contribution in [2.75, 3.05) is 19.3 Å². The van der Waals surface area contributed by atoms with E-state index >= 15 is 0 Å². The molecule has 1 amide bonds. The zero-order valence-electron chi connectivity index (χ0n) is 12.1. The average Bonchev–Trinajstić information content (AvgIpc) is 2.13. The smallest absolute Gasteiger partial charge is 0.221 e. The summed E-state index contributed by atoms with van der Waals surface area (Å²) in [6, 6.07) is 0. The van der Waals surface area contributed by atoms with Gasteiger partial charge in [0.05, 0.1) is 6.26 Å². The van der Waals surface area contributed by atoms with Crippen LogP contribution in [0.5, 0.6) is 0 Å². The first-order valence-electron chi connectivity index (χ1n) is 6.33. The molecule has 1 N–H and O–H groups in total. The van der Waals surface area contributed by atoms with Crippen LogP contribution in [0.2, 0.25) is 0 Å². The number of nitrogens with zero attached hydrogens (tertiary/aromatic N) is 1. The maximum Gasteiger partial charge on any atom is 0.221 e. The van der Waals surface area contributed by atoms with E-state index in [0.717, 1.165) is 12.8 Å². The molecule has 0 spiro atoms. The van der Waals surface area contributed by atoms with Crippen LogP contribution in [-0.2, 0) is 14.8 Å². The Labute approximate surface area is 111 Å². The standard InChI is InChI=1S/C12H26N2O3S/c1-6-7-9-13-11(15)8-10-14(12(2,3)4)18(5,16)17/h6-10H2,1-5H3,(H,13,15). The normalized spacial score (nSPS) is 12.8. The Hall–Kier alpha value is -0.620. The highest BCUT2D eigenvalue weighted by Gasteiger charge is 2.29. The zero-order chi connectivity index (χ0) is 14.4. The molecule has 108 valence electrons. The van der Waals surface area contributed by atoms with Crippen LogP contribution >= 0.6 is 0 Å². The fraction of sp³-hybridized carbons (Fsp3) is 0.917. The fourth-order valence-electron chi connectivity index (χ4n) is 1.69. The SMILES string of the molecule is CCCCNC(=O)CCN(C(C)(C)C)S(C)(=O)=O. The lowest BCUT2D eigenvalue weighted by Crippen LogP contribution is -2.46. The first-order chi connectivity index (χ1) is 8.09. The molecule has 0 saturated carbocycles. The first-order valence-corrected chi connectivity index (χ1v) is 8.18. The largest absolute Gasteiger partial charge is 0.356 e. The number of carbonyl (C=O) groups excluding carboxylic acids is 1. The molecule has 0 aliphatic rings. The quantitative estimate of drug-likeness (QED) is 0.715. The van der Waals surface area contributed by atoms with Crippen LogP contribution < -0.4 is 5.32 Å². The van der Waals surface area contributed by atoms with Crippen LogP contribution in [0, 0.1) is 0 Å². The van der Waals surface area contributed by atoms with Gasteiger partial charge in [-0.2, -0.15) is 4.31 Å². The van der Waals surface area contributed by atoms with Crippen molar-refractivity contribution in [3.8, 4) is 0 Å². The van der Waals surface area contributed by atoms with E-state index in [2.05, 4.69) is 12.2 Å². The van der Waals surface area contributed by atoms with Gasteiger partial charge in [-0.05, 0) is 27.2 Å². The third-order valence-corrected chi connectivity index (χ3v) is 4.07. The highest BCUT2D eigenvalue weighted by molar-refractivity contribution is 7.88. The number of hydrogen-bond acceptors (Lipinski definition) is 3. The van der Waals surface area contributed by atoms with Gasteiger partial charge in [-0.1, -0.05) is 13.3 Å². The molecule has 0 aromatic rings. The van der Waals surface area contributed by atoms with Crippen molar-refractivity contribution in [1.82, 2.24) is 9.62 Å². The van der Waals surface area contributed by atoms with Gasteiger partial charge >= 0.3 is 0 Å². The average molecular weight is 278 g/mol. The number of nitrogens with one attached hydrogen (secondary N) is 1. The third-order valence-electron chi connectivity index (χ3n) is 2.54. The Bertz CT molecular complexity index is 358. The van der Waals surface area contributed by atoms with Crippen molar-refractivity contribution >= 4 is 15.9 Å². The lowest BCUT2D eigenvalue weighted by atomic mass is 10.1. The predicted octanol–water partition coefficient (Wildman–Crippen LogP) is 1.35. The van der Waals surface area contributed by atoms with Gasteiger partial charge in [-0.25, -0.2) is 8.42 Å². The van der Waals surface area contributed by atoms with Gasteiger partial charge < -0.3 is 5.32 Å². The van der Waals surface area contributed by atoms with Gasteiger partial charge in [0.2, 0.25) is 15.9 Å². The van der Waals surface area contributed by atoms with Crippen LogP contribution in [0.25, 0.3) is 0 Å². The summed E-state index contributed by atoms with van der Waals surface area (Å²) < 4.78 is 24.7. The number of rotatable bonds is 7. The molecular weight excluding hydrogens is 252 g/mol. The van der Waals surface area contributed by atoms with Gasteiger partial charge in [0.15, 0.2) is 0 Å². The molecule has 0 heterocycles. The predicted molar refractivity (Wildman–Crippen MR) is 73.8 cm³/mol. The Morgan fingerprint density at radius 1 is 1.28 bits per heavy atom. The van der Waals surface area contributed by atoms with Crippen LogP contribution in [0.3, 0.4) is 0 Å². The summed E-state index contributed by atoms with van der Waals surface area (Å²) in [6.45, 7) is 8.40. The van der Waals surface area contributed by atoms with Crippen molar-refractivity contribution in [2.45, 2.75) is 52.5 Å². The van der Waals surface area contributed by atoms with Gasteiger partial charge in [-0.15, -0.1) is 0 Å². The van der Waals surface area contributed by atoms with E-state index in [9.17, 15) is 13.2 Å². The zero-order valence-corrected chi connectivity index (χ0v) is 12.9. The Morgan fingerprint density at radius 2 is 1.83 bits per heavy atom. The van der Waals surface area contributed by atoms with Crippen LogP contribution in [0.4, 0.5) is 0 Å². The van der Waals surface area contributed by atoms with E-state index in [1.165, 1.54) is 10.6 Å². The van der Waals surface area contributed by atoms with Gasteiger partial charge in [0.25, 0.3) is 0 Å². The molecule has 0 bridgehead atoms. The number of amides is 1. The number of hydrogen-bond donors (Lipinski definition) is 1. The molecule has 5 nitrogen and oxygen atoms in total. The monoisotopic (exact) mass is 278 g/mol. The van der Waals surface area contributed by atoms with Crippen LogP contribution in [0.1, 0.15) is 47.0 Å². The Kier molecular flexibility index (Phi) is 6.84. The van der Waals surface area contributed by atoms with Gasteiger partial charge in [0.1, 0.15) is 0 Å². The molecular formula is C12H26N2O3S. The lowest BCUT2D eigenvalue weighted by Gasteiger charge is -2.33. The molecule has 18 heavy (non-hydrogen) atoms. The molecule has 0 atom stereocenters. The molecule has 0 fully saturated rings. The maximum absolute atomic E-state index is 11.6. The first kappa shape index (κ1) is 17.4. The molecule has 0 aliphatic heterocycles.